The molecule has 0 bridgehead atoms. The van der Waals surface area contributed by atoms with Crippen molar-refractivity contribution in [3.8, 4) is 0 Å². The van der Waals surface area contributed by atoms with Crippen LogP contribution in [0.4, 0.5) is 0 Å². The van der Waals surface area contributed by atoms with E-state index in [1.165, 1.54) is 111 Å². The van der Waals surface area contributed by atoms with Gasteiger partial charge < -0.3 is 0 Å². The summed E-state index contributed by atoms with van der Waals surface area (Å²) < 4.78 is 0. The molecule has 1 saturated carbocycles. The van der Waals surface area contributed by atoms with Crippen molar-refractivity contribution < 1.29 is 0 Å². The van der Waals surface area contributed by atoms with Gasteiger partial charge in [0.25, 0.3) is 0 Å². The first-order valence-electron chi connectivity index (χ1n) is 31.8. The van der Waals surface area contributed by atoms with Gasteiger partial charge in [0.2, 0.25) is 0 Å². The third kappa shape index (κ3) is 15.8. The first kappa shape index (κ1) is 63.6. The van der Waals surface area contributed by atoms with Crippen LogP contribution in [0.15, 0.2) is 158 Å². The number of allylic oxidation sites excluding steroid dienone is 1. The highest BCUT2D eigenvalue weighted by molar-refractivity contribution is 5.44. The average molecular weight is 1090 g/mol. The maximum atomic E-state index is 4.68. The van der Waals surface area contributed by atoms with E-state index in [9.17, 15) is 0 Å². The lowest BCUT2D eigenvalue weighted by Crippen LogP contribution is -2.41. The summed E-state index contributed by atoms with van der Waals surface area (Å²) in [5.74, 6) is 1.25. The maximum absolute atomic E-state index is 4.68. The fourth-order valence-electron chi connectivity index (χ4n) is 14.2. The van der Waals surface area contributed by atoms with Gasteiger partial charge in [-0.3, -0.25) is 0 Å². The van der Waals surface area contributed by atoms with E-state index in [0.717, 1.165) is 38.5 Å². The van der Waals surface area contributed by atoms with Crippen molar-refractivity contribution in [2.45, 2.75) is 237 Å². The Morgan fingerprint density at radius 1 is 0.481 bits per heavy atom. The molecule has 0 saturated heterocycles. The Morgan fingerprint density at radius 2 is 0.877 bits per heavy atom. The summed E-state index contributed by atoms with van der Waals surface area (Å²) in [5, 5.41) is 0. The van der Waals surface area contributed by atoms with Crippen LogP contribution in [-0.2, 0) is 60.2 Å². The van der Waals surface area contributed by atoms with Gasteiger partial charge in [-0.1, -0.05) is 296 Å². The zero-order chi connectivity index (χ0) is 59.6. The zero-order valence-electron chi connectivity index (χ0n) is 55.2. The molecule has 6 aromatic carbocycles. The van der Waals surface area contributed by atoms with Gasteiger partial charge in [0.05, 0.1) is 0 Å². The second-order valence-corrected chi connectivity index (χ2v) is 32.5. The van der Waals surface area contributed by atoms with Gasteiger partial charge in [0, 0.05) is 10.8 Å². The van der Waals surface area contributed by atoms with Crippen molar-refractivity contribution >= 4 is 0 Å². The quantitative estimate of drug-likeness (QED) is 0.0595. The van der Waals surface area contributed by atoms with E-state index in [2.05, 4.69) is 291 Å². The summed E-state index contributed by atoms with van der Waals surface area (Å²) in [6, 6.07) is 57.6. The first-order chi connectivity index (χ1) is 37.5. The molecule has 0 heteroatoms. The number of hydrogen-bond acceptors (Lipinski definition) is 0. The molecule has 7 rings (SSSR count). The lowest BCUT2D eigenvalue weighted by atomic mass is 9.55. The molecule has 1 aliphatic carbocycles. The molecule has 3 atom stereocenters. The van der Waals surface area contributed by atoms with E-state index in [1.807, 2.05) is 0 Å². The van der Waals surface area contributed by atoms with Gasteiger partial charge in [0.1, 0.15) is 0 Å². The normalized spacial score (nSPS) is 18.0. The number of benzene rings is 6. The first-order valence-corrected chi connectivity index (χ1v) is 31.8. The van der Waals surface area contributed by atoms with Crippen molar-refractivity contribution in [3.05, 3.63) is 225 Å². The fourth-order valence-corrected chi connectivity index (χ4v) is 14.2. The minimum Gasteiger partial charge on any atom is -0.0990 e. The van der Waals surface area contributed by atoms with Gasteiger partial charge in [-0.2, -0.15) is 0 Å². The Hall–Kier alpha value is -4.94. The van der Waals surface area contributed by atoms with E-state index in [-0.39, 0.29) is 48.7 Å². The molecule has 6 aromatic rings. The van der Waals surface area contributed by atoms with Crippen molar-refractivity contribution in [2.75, 3.05) is 0 Å². The smallest absolute Gasteiger partial charge is 0.0210 e. The number of hydrogen-bond donors (Lipinski definition) is 0. The topological polar surface area (TPSA) is 0 Å². The average Bonchev–Trinajstić information content (AvgIpc) is 3.48. The molecule has 1 fully saturated rings. The maximum Gasteiger partial charge on any atom is 0.0210 e. The Morgan fingerprint density at radius 3 is 1.35 bits per heavy atom. The Kier molecular flexibility index (Phi) is 19.1. The molecule has 3 unspecified atom stereocenters. The third-order valence-corrected chi connectivity index (χ3v) is 20.9. The number of aryl methyl sites for hydroxylation is 2. The van der Waals surface area contributed by atoms with Crippen LogP contribution in [0.1, 0.15) is 244 Å². The molecule has 0 amide bonds. The van der Waals surface area contributed by atoms with Gasteiger partial charge in [0.15, 0.2) is 0 Å². The molecule has 0 spiro atoms. The summed E-state index contributed by atoms with van der Waals surface area (Å²) in [6.45, 7) is 52.7. The van der Waals surface area contributed by atoms with Gasteiger partial charge in [-0.05, 0) is 194 Å². The van der Waals surface area contributed by atoms with Crippen LogP contribution in [0.3, 0.4) is 0 Å². The van der Waals surface area contributed by atoms with Crippen molar-refractivity contribution in [1.29, 1.82) is 0 Å². The molecule has 0 heterocycles. The van der Waals surface area contributed by atoms with Crippen LogP contribution in [0, 0.1) is 38.9 Å². The van der Waals surface area contributed by atoms with Crippen LogP contribution in [0.5, 0.6) is 0 Å². The van der Waals surface area contributed by atoms with E-state index in [4.69, 9.17) is 0 Å². The Bertz CT molecular complexity index is 2970. The molecule has 0 aliphatic heterocycles. The van der Waals surface area contributed by atoms with E-state index < -0.39 is 0 Å². The van der Waals surface area contributed by atoms with Crippen molar-refractivity contribution in [2.24, 2.45) is 38.9 Å². The SMILES string of the molecule is C=C(Cc1ccc(C(C)(C)C)cc1)C(C)(C)C(C)(C)Cc1ccc(C(C)(C)c2ccc(CCC(C)C(C)(C)Cc3ccc(C4(c5ccc(CCCC(C)(C)Cc6ccc(C(C)(C)C)cc6)cc5)CC(C)CC(C)(C)C4)cc3)cc2)cc1. The van der Waals surface area contributed by atoms with Crippen LogP contribution in [0.2, 0.25) is 0 Å². The standard InChI is InChI=1S/C81H112/c1-58-52-76(12,13)57-81(53-58,71-46-28-61(29-47-71)23-22-50-75(10,11)54-64-32-40-68(41-33-64)74(7,8)9)72-48-36-65(37-49-72)55-77(14,15)59(2)24-25-62-26-42-69(43-27-62)79(18,19)70-44-34-66(35-45-70)56-78(16,17)80(20,21)60(3)51-63-30-38-67(39-31-63)73(4,5)6/h26-49,58-59H,3,22-25,50-57H2,1-2,4-21H3. The highest BCUT2D eigenvalue weighted by atomic mass is 14.5. The highest BCUT2D eigenvalue weighted by Crippen LogP contribution is 2.54. The van der Waals surface area contributed by atoms with Crippen LogP contribution in [0.25, 0.3) is 0 Å². The molecular formula is C81H112. The fraction of sp³-hybridized carbons (Fsp3) is 0.531. The number of rotatable bonds is 22. The highest BCUT2D eigenvalue weighted by Gasteiger charge is 2.45. The summed E-state index contributed by atoms with van der Waals surface area (Å²) in [6.07, 6.45) is 13.7. The molecule has 0 nitrogen and oxygen atoms in total. The summed E-state index contributed by atoms with van der Waals surface area (Å²) in [4.78, 5) is 0. The summed E-state index contributed by atoms with van der Waals surface area (Å²) in [7, 11) is 0. The molecule has 0 N–H and O–H groups in total. The second kappa shape index (κ2) is 24.3. The molecular weight excluding hydrogens is 973 g/mol. The van der Waals surface area contributed by atoms with Crippen LogP contribution in [-0.4, -0.2) is 0 Å². The minimum absolute atomic E-state index is 0.0212. The largest absolute Gasteiger partial charge is 0.0990 e. The predicted molar refractivity (Wildman–Crippen MR) is 355 cm³/mol. The van der Waals surface area contributed by atoms with Crippen molar-refractivity contribution in [3.63, 3.8) is 0 Å². The zero-order valence-corrected chi connectivity index (χ0v) is 55.2. The van der Waals surface area contributed by atoms with E-state index >= 15 is 0 Å². The molecule has 436 valence electrons. The van der Waals surface area contributed by atoms with E-state index in [0.29, 0.717) is 11.8 Å². The van der Waals surface area contributed by atoms with Gasteiger partial charge in [-0.15, -0.1) is 0 Å². The second-order valence-electron chi connectivity index (χ2n) is 32.5. The summed E-state index contributed by atoms with van der Waals surface area (Å²) >= 11 is 0. The lowest BCUT2D eigenvalue weighted by Gasteiger charge is -2.49. The molecule has 1 aliphatic rings. The molecule has 0 aromatic heterocycles. The van der Waals surface area contributed by atoms with Crippen LogP contribution >= 0.6 is 0 Å². The predicted octanol–water partition coefficient (Wildman–Crippen LogP) is 22.6. The van der Waals surface area contributed by atoms with Gasteiger partial charge in [-0.25, -0.2) is 0 Å². The molecule has 0 radical (unpaired) electrons. The third-order valence-electron chi connectivity index (χ3n) is 20.9. The van der Waals surface area contributed by atoms with Gasteiger partial charge >= 0.3 is 0 Å². The monoisotopic (exact) mass is 1080 g/mol. The van der Waals surface area contributed by atoms with E-state index in [1.54, 1.807) is 0 Å². The minimum atomic E-state index is -0.0954. The lowest BCUT2D eigenvalue weighted by molar-refractivity contribution is 0.127. The Labute approximate surface area is 497 Å². The molecule has 81 heavy (non-hydrogen) atoms. The van der Waals surface area contributed by atoms with Crippen molar-refractivity contribution in [1.82, 2.24) is 0 Å². The summed E-state index contributed by atoms with van der Waals surface area (Å²) in [5.41, 5.74) is 19.4. The Balaban J connectivity index is 0.929. The van der Waals surface area contributed by atoms with Crippen LogP contribution < -0.4 is 0 Å².